The molecule has 1 aromatic rings. The Balaban J connectivity index is 1.58. The van der Waals surface area contributed by atoms with Crippen molar-refractivity contribution in [1.82, 2.24) is 10.2 Å². The van der Waals surface area contributed by atoms with Crippen LogP contribution in [-0.4, -0.2) is 30.6 Å². The van der Waals surface area contributed by atoms with Crippen LogP contribution in [0.1, 0.15) is 55.8 Å². The molecule has 0 radical (unpaired) electrons. The van der Waals surface area contributed by atoms with Crippen LogP contribution in [0.4, 0.5) is 0 Å². The van der Waals surface area contributed by atoms with Crippen molar-refractivity contribution in [3.63, 3.8) is 0 Å². The Kier molecular flexibility index (Phi) is 4.42. The molecule has 1 aromatic carbocycles. The molecule has 0 aromatic heterocycles. The second-order valence-corrected chi connectivity index (χ2v) is 6.48. The van der Waals surface area contributed by atoms with Crippen molar-refractivity contribution in [2.45, 2.75) is 58.0 Å². The van der Waals surface area contributed by atoms with E-state index in [0.717, 1.165) is 0 Å². The van der Waals surface area contributed by atoms with E-state index in [1.54, 1.807) is 11.1 Å². The number of hydrogen-bond acceptors (Lipinski definition) is 2. The largest absolute Gasteiger partial charge is 0.307 e. The molecule has 2 aliphatic rings. The molecule has 0 bridgehead atoms. The van der Waals surface area contributed by atoms with Crippen molar-refractivity contribution in [2.75, 3.05) is 19.6 Å². The molecule has 1 aliphatic heterocycles. The van der Waals surface area contributed by atoms with Gasteiger partial charge in [0.25, 0.3) is 0 Å². The molecule has 1 atom stereocenters. The van der Waals surface area contributed by atoms with E-state index in [9.17, 15) is 0 Å². The Hall–Kier alpha value is -0.860. The minimum Gasteiger partial charge on any atom is -0.307 e. The van der Waals surface area contributed by atoms with Gasteiger partial charge in [-0.05, 0) is 75.4 Å². The third kappa shape index (κ3) is 3.07. The first-order chi connectivity index (χ1) is 9.76. The SMILES string of the molecule is CCN1CCC(NC(C)c2ccc3c(c2)CCC3)CC1. The van der Waals surface area contributed by atoms with Crippen LogP contribution in [0.3, 0.4) is 0 Å². The minimum atomic E-state index is 0.485. The lowest BCUT2D eigenvalue weighted by Crippen LogP contribution is -2.43. The molecule has 0 saturated carbocycles. The summed E-state index contributed by atoms with van der Waals surface area (Å²) in [4.78, 5) is 2.55. The van der Waals surface area contributed by atoms with Gasteiger partial charge in [-0.25, -0.2) is 0 Å². The fraction of sp³-hybridized carbons (Fsp3) is 0.667. The zero-order valence-corrected chi connectivity index (χ0v) is 13.0. The van der Waals surface area contributed by atoms with Gasteiger partial charge in [-0.1, -0.05) is 25.1 Å². The molecule has 1 heterocycles. The number of aryl methyl sites for hydroxylation is 2. The molecular weight excluding hydrogens is 244 g/mol. The van der Waals surface area contributed by atoms with Crippen LogP contribution in [0.15, 0.2) is 18.2 Å². The van der Waals surface area contributed by atoms with Crippen LogP contribution in [0, 0.1) is 0 Å². The summed E-state index contributed by atoms with van der Waals surface area (Å²) in [5, 5.41) is 3.84. The van der Waals surface area contributed by atoms with Gasteiger partial charge in [0.2, 0.25) is 0 Å². The maximum atomic E-state index is 3.84. The van der Waals surface area contributed by atoms with E-state index in [1.165, 1.54) is 57.3 Å². The lowest BCUT2D eigenvalue weighted by Gasteiger charge is -2.33. The third-order valence-corrected chi connectivity index (χ3v) is 5.14. The Morgan fingerprint density at radius 1 is 1.20 bits per heavy atom. The summed E-state index contributed by atoms with van der Waals surface area (Å²) in [7, 11) is 0. The summed E-state index contributed by atoms with van der Waals surface area (Å²) in [6, 6.07) is 8.32. The molecule has 1 aliphatic carbocycles. The lowest BCUT2D eigenvalue weighted by molar-refractivity contribution is 0.200. The molecule has 110 valence electrons. The number of benzene rings is 1. The van der Waals surface area contributed by atoms with Crippen molar-refractivity contribution >= 4 is 0 Å². The number of rotatable bonds is 4. The molecule has 1 saturated heterocycles. The fourth-order valence-corrected chi connectivity index (χ4v) is 3.73. The Morgan fingerprint density at radius 2 is 1.95 bits per heavy atom. The van der Waals surface area contributed by atoms with Crippen molar-refractivity contribution in [3.8, 4) is 0 Å². The van der Waals surface area contributed by atoms with Gasteiger partial charge in [0.15, 0.2) is 0 Å². The Labute approximate surface area is 123 Å². The number of piperidine rings is 1. The summed E-state index contributed by atoms with van der Waals surface area (Å²) in [6.07, 6.45) is 6.50. The van der Waals surface area contributed by atoms with E-state index in [1.807, 2.05) is 0 Å². The minimum absolute atomic E-state index is 0.485. The van der Waals surface area contributed by atoms with Crippen LogP contribution in [0.25, 0.3) is 0 Å². The highest BCUT2D eigenvalue weighted by Gasteiger charge is 2.20. The van der Waals surface area contributed by atoms with Gasteiger partial charge in [0.1, 0.15) is 0 Å². The molecule has 1 fully saturated rings. The van der Waals surface area contributed by atoms with E-state index >= 15 is 0 Å². The summed E-state index contributed by atoms with van der Waals surface area (Å²) in [5.74, 6) is 0. The molecule has 20 heavy (non-hydrogen) atoms. The van der Waals surface area contributed by atoms with Crippen molar-refractivity contribution in [2.24, 2.45) is 0 Å². The molecule has 1 unspecified atom stereocenters. The maximum Gasteiger partial charge on any atom is 0.0294 e. The summed E-state index contributed by atoms with van der Waals surface area (Å²) < 4.78 is 0. The van der Waals surface area contributed by atoms with Crippen LogP contribution >= 0.6 is 0 Å². The van der Waals surface area contributed by atoms with Gasteiger partial charge in [0, 0.05) is 12.1 Å². The second kappa shape index (κ2) is 6.28. The first-order valence-electron chi connectivity index (χ1n) is 8.36. The van der Waals surface area contributed by atoms with E-state index < -0.39 is 0 Å². The van der Waals surface area contributed by atoms with Crippen LogP contribution in [0.2, 0.25) is 0 Å². The predicted octanol–water partition coefficient (Wildman–Crippen LogP) is 3.31. The summed E-state index contributed by atoms with van der Waals surface area (Å²) in [6.45, 7) is 8.30. The zero-order valence-electron chi connectivity index (χ0n) is 13.0. The first-order valence-corrected chi connectivity index (χ1v) is 8.36. The number of nitrogens with zero attached hydrogens (tertiary/aromatic N) is 1. The molecule has 1 N–H and O–H groups in total. The van der Waals surface area contributed by atoms with Gasteiger partial charge in [-0.2, -0.15) is 0 Å². The maximum absolute atomic E-state index is 3.84. The third-order valence-electron chi connectivity index (χ3n) is 5.14. The summed E-state index contributed by atoms with van der Waals surface area (Å²) >= 11 is 0. The van der Waals surface area contributed by atoms with Gasteiger partial charge in [0.05, 0.1) is 0 Å². The fourth-order valence-electron chi connectivity index (χ4n) is 3.73. The van der Waals surface area contributed by atoms with Gasteiger partial charge in [-0.3, -0.25) is 0 Å². The molecular formula is C18H28N2. The second-order valence-electron chi connectivity index (χ2n) is 6.48. The molecule has 2 nitrogen and oxygen atoms in total. The topological polar surface area (TPSA) is 15.3 Å². The standard InChI is InChI=1S/C18H28N2/c1-3-20-11-9-18(10-12-20)19-14(2)16-8-7-15-5-4-6-17(15)13-16/h7-8,13-14,18-19H,3-6,9-12H2,1-2H3. The Bertz CT molecular complexity index is 447. The summed E-state index contributed by atoms with van der Waals surface area (Å²) in [5.41, 5.74) is 4.65. The molecule has 0 amide bonds. The van der Waals surface area contributed by atoms with Gasteiger partial charge >= 0.3 is 0 Å². The lowest BCUT2D eigenvalue weighted by atomic mass is 9.99. The highest BCUT2D eigenvalue weighted by Crippen LogP contribution is 2.26. The van der Waals surface area contributed by atoms with E-state index in [4.69, 9.17) is 0 Å². The highest BCUT2D eigenvalue weighted by molar-refractivity contribution is 5.36. The smallest absolute Gasteiger partial charge is 0.0294 e. The number of likely N-dealkylation sites (tertiary alicyclic amines) is 1. The average Bonchev–Trinajstić information content (AvgIpc) is 2.95. The van der Waals surface area contributed by atoms with Gasteiger partial charge < -0.3 is 10.2 Å². The number of fused-ring (bicyclic) bond motifs is 1. The van der Waals surface area contributed by atoms with Crippen LogP contribution in [-0.2, 0) is 12.8 Å². The number of hydrogen-bond donors (Lipinski definition) is 1. The molecule has 2 heteroatoms. The Morgan fingerprint density at radius 3 is 2.70 bits per heavy atom. The van der Waals surface area contributed by atoms with Crippen molar-refractivity contribution in [1.29, 1.82) is 0 Å². The monoisotopic (exact) mass is 272 g/mol. The predicted molar refractivity (Wildman–Crippen MR) is 85.2 cm³/mol. The van der Waals surface area contributed by atoms with Crippen LogP contribution < -0.4 is 5.32 Å². The highest BCUT2D eigenvalue weighted by atomic mass is 15.1. The zero-order chi connectivity index (χ0) is 13.9. The van der Waals surface area contributed by atoms with E-state index in [-0.39, 0.29) is 0 Å². The quantitative estimate of drug-likeness (QED) is 0.904. The van der Waals surface area contributed by atoms with Crippen LogP contribution in [0.5, 0.6) is 0 Å². The normalized spacial score (nSPS) is 21.9. The average molecular weight is 272 g/mol. The van der Waals surface area contributed by atoms with Crippen molar-refractivity contribution < 1.29 is 0 Å². The molecule has 0 spiro atoms. The first kappa shape index (κ1) is 14.1. The van der Waals surface area contributed by atoms with Crippen molar-refractivity contribution in [3.05, 3.63) is 34.9 Å². The van der Waals surface area contributed by atoms with E-state index in [0.29, 0.717) is 12.1 Å². The van der Waals surface area contributed by atoms with E-state index in [2.05, 4.69) is 42.3 Å². The van der Waals surface area contributed by atoms with Gasteiger partial charge in [-0.15, -0.1) is 0 Å². The molecule has 3 rings (SSSR count). The number of nitrogens with one attached hydrogen (secondary N) is 1.